The van der Waals surface area contributed by atoms with Crippen LogP contribution >= 0.6 is 0 Å². The summed E-state index contributed by atoms with van der Waals surface area (Å²) in [4.78, 5) is 37.5. The molecule has 10 heteroatoms. The second-order valence-corrected chi connectivity index (χ2v) is 7.86. The summed E-state index contributed by atoms with van der Waals surface area (Å²) >= 11 is 0. The van der Waals surface area contributed by atoms with Gasteiger partial charge in [-0.3, -0.25) is 9.59 Å². The molecule has 2 aromatic carbocycles. The number of ether oxygens (including phenoxy) is 2. The Morgan fingerprint density at radius 1 is 0.694 bits per heavy atom. The molecule has 4 N–H and O–H groups in total. The SMILES string of the molecule is COc1ccc2c(c1)/C(=C/c1cnc[nH]1)C(=O)N2.COc1ccc2c(c1)/C(=C/c1cnc[nH]1)C(=O)N2. The van der Waals surface area contributed by atoms with Crippen molar-refractivity contribution in [2.24, 2.45) is 0 Å². The lowest BCUT2D eigenvalue weighted by Gasteiger charge is -2.02. The third-order valence-electron chi connectivity index (χ3n) is 5.66. The number of carbonyl (C=O) groups is 2. The van der Waals surface area contributed by atoms with E-state index in [9.17, 15) is 9.59 Å². The molecule has 2 aliphatic rings. The normalized spacial score (nSPS) is 15.6. The summed E-state index contributed by atoms with van der Waals surface area (Å²) in [5.74, 6) is 1.21. The second-order valence-electron chi connectivity index (χ2n) is 7.86. The maximum absolute atomic E-state index is 11.9. The predicted octanol–water partition coefficient (Wildman–Crippen LogP) is 3.82. The molecule has 0 atom stereocenters. The number of anilines is 2. The molecule has 6 rings (SSSR count). The van der Waals surface area contributed by atoms with Crippen LogP contribution < -0.4 is 20.1 Å². The van der Waals surface area contributed by atoms with Crippen molar-refractivity contribution in [2.45, 2.75) is 0 Å². The molecular weight excluding hydrogens is 460 g/mol. The topological polar surface area (TPSA) is 134 Å². The van der Waals surface area contributed by atoms with Crippen LogP contribution in [0, 0.1) is 0 Å². The van der Waals surface area contributed by atoms with Crippen LogP contribution in [0.5, 0.6) is 11.5 Å². The number of nitrogens with zero attached hydrogens (tertiary/aromatic N) is 2. The van der Waals surface area contributed by atoms with E-state index in [2.05, 4.69) is 30.6 Å². The van der Waals surface area contributed by atoms with Crippen molar-refractivity contribution >= 4 is 46.5 Å². The number of aromatic amines is 2. The number of imidazole rings is 2. The number of rotatable bonds is 4. The molecule has 10 nitrogen and oxygen atoms in total. The monoisotopic (exact) mass is 482 g/mol. The predicted molar refractivity (Wildman–Crippen MR) is 136 cm³/mol. The maximum atomic E-state index is 11.9. The minimum atomic E-state index is -0.118. The van der Waals surface area contributed by atoms with Gasteiger partial charge in [0.05, 0.1) is 61.8 Å². The molecule has 0 saturated heterocycles. The minimum Gasteiger partial charge on any atom is -0.497 e. The number of fused-ring (bicyclic) bond motifs is 2. The maximum Gasteiger partial charge on any atom is 0.256 e. The van der Waals surface area contributed by atoms with Gasteiger partial charge in [-0.15, -0.1) is 0 Å². The molecule has 4 aromatic rings. The van der Waals surface area contributed by atoms with Gasteiger partial charge in [0.25, 0.3) is 11.8 Å². The van der Waals surface area contributed by atoms with E-state index in [1.54, 1.807) is 51.4 Å². The third kappa shape index (κ3) is 4.47. The average molecular weight is 483 g/mol. The van der Waals surface area contributed by atoms with Crippen molar-refractivity contribution in [2.75, 3.05) is 24.9 Å². The molecule has 2 aromatic heterocycles. The van der Waals surface area contributed by atoms with E-state index in [-0.39, 0.29) is 11.8 Å². The summed E-state index contributed by atoms with van der Waals surface area (Å²) in [6.07, 6.45) is 10.0. The first-order valence-corrected chi connectivity index (χ1v) is 11.0. The zero-order chi connectivity index (χ0) is 25.1. The summed E-state index contributed by atoms with van der Waals surface area (Å²) < 4.78 is 10.3. The van der Waals surface area contributed by atoms with E-state index >= 15 is 0 Å². The first kappa shape index (κ1) is 22.7. The highest BCUT2D eigenvalue weighted by atomic mass is 16.5. The lowest BCUT2D eigenvalue weighted by Crippen LogP contribution is -2.03. The van der Waals surface area contributed by atoms with Crippen LogP contribution in [-0.4, -0.2) is 46.0 Å². The van der Waals surface area contributed by atoms with E-state index in [1.807, 2.05) is 36.4 Å². The first-order chi connectivity index (χ1) is 17.6. The van der Waals surface area contributed by atoms with Gasteiger partial charge < -0.3 is 30.1 Å². The van der Waals surface area contributed by atoms with Gasteiger partial charge in [-0.25, -0.2) is 9.97 Å². The Kier molecular flexibility index (Phi) is 6.06. The summed E-state index contributed by atoms with van der Waals surface area (Å²) in [5.41, 5.74) is 6.06. The standard InChI is InChI=1S/2C13H11N3O2/c2*1-18-9-2-3-12-10(5-9)11(13(17)16-12)4-8-6-14-7-15-8/h2*2-7H,1H3,(H,14,15)(H,16,17)/b2*11-4-. The fourth-order valence-electron chi connectivity index (χ4n) is 3.88. The molecule has 0 bridgehead atoms. The van der Waals surface area contributed by atoms with Crippen LogP contribution in [0.3, 0.4) is 0 Å². The molecule has 2 aliphatic heterocycles. The zero-order valence-electron chi connectivity index (χ0n) is 19.5. The molecule has 0 unspecified atom stereocenters. The zero-order valence-corrected chi connectivity index (χ0v) is 19.5. The van der Waals surface area contributed by atoms with Crippen LogP contribution in [-0.2, 0) is 9.59 Å². The van der Waals surface area contributed by atoms with Crippen molar-refractivity contribution in [3.63, 3.8) is 0 Å². The van der Waals surface area contributed by atoms with E-state index in [0.29, 0.717) is 11.1 Å². The average Bonchev–Trinajstić information content (AvgIpc) is 3.69. The van der Waals surface area contributed by atoms with Gasteiger partial charge >= 0.3 is 0 Å². The Hall–Kier alpha value is -5.12. The van der Waals surface area contributed by atoms with E-state index in [0.717, 1.165) is 45.4 Å². The largest absolute Gasteiger partial charge is 0.497 e. The smallest absolute Gasteiger partial charge is 0.256 e. The quantitative estimate of drug-likeness (QED) is 0.327. The number of benzene rings is 2. The Morgan fingerprint density at radius 2 is 1.14 bits per heavy atom. The first-order valence-electron chi connectivity index (χ1n) is 11.0. The summed E-state index contributed by atoms with van der Waals surface area (Å²) in [7, 11) is 3.20. The molecule has 0 spiro atoms. The minimum absolute atomic E-state index is 0.118. The molecule has 0 fully saturated rings. The molecule has 0 aliphatic carbocycles. The lowest BCUT2D eigenvalue weighted by atomic mass is 10.1. The number of hydrogen-bond acceptors (Lipinski definition) is 6. The van der Waals surface area contributed by atoms with Crippen LogP contribution in [0.25, 0.3) is 23.3 Å². The van der Waals surface area contributed by atoms with Crippen molar-refractivity contribution in [1.82, 2.24) is 19.9 Å². The molecule has 2 amide bonds. The Balaban J connectivity index is 0.000000148. The van der Waals surface area contributed by atoms with Gasteiger partial charge in [0.15, 0.2) is 0 Å². The molecule has 180 valence electrons. The van der Waals surface area contributed by atoms with Gasteiger partial charge in [0, 0.05) is 22.5 Å². The van der Waals surface area contributed by atoms with Crippen molar-refractivity contribution in [1.29, 1.82) is 0 Å². The van der Waals surface area contributed by atoms with Crippen molar-refractivity contribution in [3.8, 4) is 11.5 Å². The fraction of sp³-hybridized carbons (Fsp3) is 0.0769. The lowest BCUT2D eigenvalue weighted by molar-refractivity contribution is -0.111. The molecule has 36 heavy (non-hydrogen) atoms. The van der Waals surface area contributed by atoms with Gasteiger partial charge in [-0.05, 0) is 48.6 Å². The number of carbonyl (C=O) groups excluding carboxylic acids is 2. The summed E-state index contributed by atoms with van der Waals surface area (Å²) in [5, 5.41) is 5.63. The highest BCUT2D eigenvalue weighted by Crippen LogP contribution is 2.36. The number of nitrogens with one attached hydrogen (secondary N) is 4. The number of aromatic nitrogens is 4. The number of hydrogen-bond donors (Lipinski definition) is 4. The Labute approximate surface area is 206 Å². The van der Waals surface area contributed by atoms with Crippen molar-refractivity contribution < 1.29 is 19.1 Å². The molecule has 0 saturated carbocycles. The Bertz CT molecular complexity index is 1370. The van der Waals surface area contributed by atoms with E-state index in [1.165, 1.54) is 0 Å². The highest BCUT2D eigenvalue weighted by molar-refractivity contribution is 6.35. The number of H-pyrrole nitrogens is 2. The molecule has 0 radical (unpaired) electrons. The fourth-order valence-corrected chi connectivity index (χ4v) is 3.88. The number of methoxy groups -OCH3 is 2. The van der Waals surface area contributed by atoms with Gasteiger partial charge in [-0.1, -0.05) is 0 Å². The van der Waals surface area contributed by atoms with Gasteiger partial charge in [0.2, 0.25) is 0 Å². The molecular formula is C26H22N6O4. The molecule has 4 heterocycles. The van der Waals surface area contributed by atoms with Crippen molar-refractivity contribution in [3.05, 3.63) is 84.0 Å². The van der Waals surface area contributed by atoms with Gasteiger partial charge in [-0.2, -0.15) is 0 Å². The number of amides is 2. The Morgan fingerprint density at radius 3 is 1.50 bits per heavy atom. The van der Waals surface area contributed by atoms with E-state index < -0.39 is 0 Å². The summed E-state index contributed by atoms with van der Waals surface area (Å²) in [6, 6.07) is 11.0. The highest BCUT2D eigenvalue weighted by Gasteiger charge is 2.25. The van der Waals surface area contributed by atoms with Crippen LogP contribution in [0.15, 0.2) is 61.4 Å². The van der Waals surface area contributed by atoms with Crippen LogP contribution in [0.2, 0.25) is 0 Å². The van der Waals surface area contributed by atoms with Gasteiger partial charge in [0.1, 0.15) is 11.5 Å². The van der Waals surface area contributed by atoms with Crippen LogP contribution in [0.4, 0.5) is 11.4 Å². The third-order valence-corrected chi connectivity index (χ3v) is 5.66. The summed E-state index contributed by atoms with van der Waals surface area (Å²) in [6.45, 7) is 0. The second kappa shape index (κ2) is 9.63. The van der Waals surface area contributed by atoms with Crippen LogP contribution in [0.1, 0.15) is 22.5 Å². The van der Waals surface area contributed by atoms with E-state index in [4.69, 9.17) is 9.47 Å².